The molecule has 0 aliphatic rings. The Morgan fingerprint density at radius 2 is 2.18 bits per heavy atom. The molecule has 1 rings (SSSR count). The average molecular weight is 325 g/mol. The van der Waals surface area contributed by atoms with E-state index in [9.17, 15) is 13.2 Å². The molecule has 0 amide bonds. The summed E-state index contributed by atoms with van der Waals surface area (Å²) in [6, 6.07) is 6.98. The number of nitrogens with two attached hydrogens (primary N) is 1. The van der Waals surface area contributed by atoms with Crippen LogP contribution in [0.3, 0.4) is 0 Å². The van der Waals surface area contributed by atoms with Crippen molar-refractivity contribution in [3.8, 4) is 0 Å². The highest BCUT2D eigenvalue weighted by Crippen LogP contribution is 2.06. The molecule has 0 saturated carbocycles. The first-order chi connectivity index (χ1) is 10.3. The molecule has 8 heteroatoms. The maximum atomic E-state index is 11.6. The number of sulfonamides is 1. The van der Waals surface area contributed by atoms with Gasteiger partial charge in [-0.3, -0.25) is 10.2 Å². The lowest BCUT2D eigenvalue weighted by molar-refractivity contribution is -0.139. The van der Waals surface area contributed by atoms with Gasteiger partial charge < -0.3 is 10.5 Å². The van der Waals surface area contributed by atoms with E-state index in [1.54, 1.807) is 43.3 Å². The molecule has 120 valence electrons. The van der Waals surface area contributed by atoms with Crippen LogP contribution >= 0.6 is 0 Å². The van der Waals surface area contributed by atoms with Crippen molar-refractivity contribution in [1.29, 1.82) is 5.41 Å². The molecule has 0 fully saturated rings. The highest BCUT2D eigenvalue weighted by Gasteiger charge is 2.15. The third-order valence-electron chi connectivity index (χ3n) is 2.54. The summed E-state index contributed by atoms with van der Waals surface area (Å²) in [6.07, 6.45) is 3.29. The Hall–Kier alpha value is -2.19. The molecule has 1 aromatic rings. The van der Waals surface area contributed by atoms with E-state index in [1.807, 2.05) is 0 Å². The van der Waals surface area contributed by atoms with Crippen molar-refractivity contribution in [3.63, 3.8) is 0 Å². The van der Waals surface area contributed by atoms with Crippen LogP contribution in [0.5, 0.6) is 0 Å². The monoisotopic (exact) mass is 325 g/mol. The van der Waals surface area contributed by atoms with E-state index in [2.05, 4.69) is 9.46 Å². The Morgan fingerprint density at radius 1 is 1.45 bits per heavy atom. The number of esters is 1. The van der Waals surface area contributed by atoms with Crippen LogP contribution in [0.4, 0.5) is 0 Å². The predicted octanol–water partition coefficient (Wildman–Crippen LogP) is 0.466. The van der Waals surface area contributed by atoms with Gasteiger partial charge in [0.05, 0.1) is 6.61 Å². The molecule has 0 aliphatic heterocycles. The lowest BCUT2D eigenvalue weighted by Crippen LogP contribution is -2.31. The summed E-state index contributed by atoms with van der Waals surface area (Å²) in [7, 11) is -3.71. The van der Waals surface area contributed by atoms with Gasteiger partial charge in [-0.25, -0.2) is 13.1 Å². The van der Waals surface area contributed by atoms with Gasteiger partial charge in [-0.05, 0) is 18.6 Å². The molecule has 1 aromatic carbocycles. The van der Waals surface area contributed by atoms with E-state index >= 15 is 0 Å². The number of nitrogen functional groups attached to an aromatic ring is 1. The molecule has 0 saturated heterocycles. The maximum Gasteiger partial charge on any atom is 0.322 e. The third kappa shape index (κ3) is 6.51. The first kappa shape index (κ1) is 17.9. The normalized spacial score (nSPS) is 11.5. The first-order valence-electron chi connectivity index (χ1n) is 6.58. The molecule has 0 heterocycles. The number of amidine groups is 1. The highest BCUT2D eigenvalue weighted by atomic mass is 32.2. The molecule has 0 radical (unpaired) electrons. The lowest BCUT2D eigenvalue weighted by Gasteiger charge is -2.04. The summed E-state index contributed by atoms with van der Waals surface area (Å²) in [5, 5.41) is 7.34. The molecule has 0 atom stereocenters. The topological polar surface area (TPSA) is 122 Å². The van der Waals surface area contributed by atoms with Crippen molar-refractivity contribution in [1.82, 2.24) is 4.72 Å². The second kappa shape index (κ2) is 8.30. The zero-order chi connectivity index (χ0) is 16.6. The molecule has 22 heavy (non-hydrogen) atoms. The zero-order valence-corrected chi connectivity index (χ0v) is 13.0. The number of hydrogen-bond acceptors (Lipinski definition) is 5. The second-order valence-corrected chi connectivity index (χ2v) is 6.16. The number of rotatable bonds is 8. The van der Waals surface area contributed by atoms with Crippen LogP contribution in [0.2, 0.25) is 0 Å². The van der Waals surface area contributed by atoms with E-state index in [-0.39, 0.29) is 19.0 Å². The summed E-state index contributed by atoms with van der Waals surface area (Å²) < 4.78 is 30.0. The van der Waals surface area contributed by atoms with E-state index in [0.29, 0.717) is 5.56 Å². The van der Waals surface area contributed by atoms with Crippen LogP contribution in [-0.4, -0.2) is 39.1 Å². The van der Waals surface area contributed by atoms with Gasteiger partial charge in [0.25, 0.3) is 0 Å². The first-order valence-corrected chi connectivity index (χ1v) is 8.23. The summed E-state index contributed by atoms with van der Waals surface area (Å²) in [5.74, 6) is -1.52. The Bertz CT molecular complexity index is 668. The Balaban J connectivity index is 2.54. The van der Waals surface area contributed by atoms with E-state index in [0.717, 1.165) is 5.56 Å². The number of nitrogens with one attached hydrogen (secondary N) is 2. The van der Waals surface area contributed by atoms with Gasteiger partial charge in [-0.2, -0.15) is 0 Å². The molecule has 7 nitrogen and oxygen atoms in total. The summed E-state index contributed by atoms with van der Waals surface area (Å²) >= 11 is 0. The summed E-state index contributed by atoms with van der Waals surface area (Å²) in [4.78, 5) is 11.1. The maximum absolute atomic E-state index is 11.6. The molecule has 0 aliphatic carbocycles. The van der Waals surface area contributed by atoms with Crippen LogP contribution in [0, 0.1) is 5.41 Å². The fourth-order valence-electron chi connectivity index (χ4n) is 1.59. The summed E-state index contributed by atoms with van der Waals surface area (Å²) in [5.41, 5.74) is 6.77. The highest BCUT2D eigenvalue weighted by molar-refractivity contribution is 7.90. The van der Waals surface area contributed by atoms with Crippen LogP contribution in [0.15, 0.2) is 30.3 Å². The van der Waals surface area contributed by atoms with Crippen molar-refractivity contribution in [3.05, 3.63) is 41.5 Å². The molecule has 0 bridgehead atoms. The average Bonchev–Trinajstić information content (AvgIpc) is 2.43. The number of hydrogen-bond donors (Lipinski definition) is 3. The quantitative estimate of drug-likeness (QED) is 0.364. The van der Waals surface area contributed by atoms with Crippen LogP contribution in [-0.2, 0) is 19.6 Å². The van der Waals surface area contributed by atoms with Crippen molar-refractivity contribution < 1.29 is 17.9 Å². The minimum atomic E-state index is -3.71. The van der Waals surface area contributed by atoms with E-state index in [1.165, 1.54) is 0 Å². The SMILES string of the molecule is CCOC(=O)CS(=O)(=O)NC/C=C/c1cccc(C(=N)N)c1. The fourth-order valence-corrected chi connectivity index (χ4v) is 2.43. The minimum Gasteiger partial charge on any atom is -0.465 e. The molecule has 4 N–H and O–H groups in total. The van der Waals surface area contributed by atoms with Gasteiger partial charge in [0.2, 0.25) is 10.0 Å². The number of benzene rings is 1. The second-order valence-electron chi connectivity index (χ2n) is 4.35. The minimum absolute atomic E-state index is 0.0367. The Morgan fingerprint density at radius 3 is 2.82 bits per heavy atom. The molecule has 0 unspecified atom stereocenters. The molecular formula is C14H19N3O4S. The number of carbonyl (C=O) groups excluding carboxylic acids is 1. The van der Waals surface area contributed by atoms with E-state index in [4.69, 9.17) is 11.1 Å². The number of carbonyl (C=O) groups is 1. The van der Waals surface area contributed by atoms with Gasteiger partial charge in [0.1, 0.15) is 5.84 Å². The molecule has 0 aromatic heterocycles. The van der Waals surface area contributed by atoms with Crippen LogP contribution in [0.1, 0.15) is 18.1 Å². The fraction of sp³-hybridized carbons (Fsp3) is 0.286. The largest absolute Gasteiger partial charge is 0.465 e. The Labute approximate surface area is 129 Å². The Kier molecular flexibility index (Phi) is 6.74. The zero-order valence-electron chi connectivity index (χ0n) is 12.2. The predicted molar refractivity (Wildman–Crippen MR) is 84.9 cm³/mol. The van der Waals surface area contributed by atoms with Crippen molar-refractivity contribution >= 4 is 27.9 Å². The molecule has 0 spiro atoms. The van der Waals surface area contributed by atoms with E-state index < -0.39 is 21.7 Å². The van der Waals surface area contributed by atoms with Crippen LogP contribution < -0.4 is 10.5 Å². The standard InChI is InChI=1S/C14H19N3O4S/c1-2-21-13(18)10-22(19,20)17-8-4-6-11-5-3-7-12(9-11)14(15)16/h3-7,9,17H,2,8,10H2,1H3,(H3,15,16)/b6-4+. The lowest BCUT2D eigenvalue weighted by atomic mass is 10.1. The summed E-state index contributed by atoms with van der Waals surface area (Å²) in [6.45, 7) is 1.79. The van der Waals surface area contributed by atoms with Crippen molar-refractivity contribution in [2.24, 2.45) is 5.73 Å². The van der Waals surface area contributed by atoms with Crippen LogP contribution in [0.25, 0.3) is 6.08 Å². The smallest absolute Gasteiger partial charge is 0.322 e. The van der Waals surface area contributed by atoms with Gasteiger partial charge >= 0.3 is 5.97 Å². The van der Waals surface area contributed by atoms with Crippen molar-refractivity contribution in [2.75, 3.05) is 18.9 Å². The van der Waals surface area contributed by atoms with Gasteiger partial charge in [-0.15, -0.1) is 0 Å². The molecular weight excluding hydrogens is 306 g/mol. The third-order valence-corrected chi connectivity index (χ3v) is 3.76. The van der Waals surface area contributed by atoms with Gasteiger partial charge in [0, 0.05) is 12.1 Å². The number of ether oxygens (including phenoxy) is 1. The van der Waals surface area contributed by atoms with Gasteiger partial charge in [0.15, 0.2) is 5.75 Å². The van der Waals surface area contributed by atoms with Crippen molar-refractivity contribution in [2.45, 2.75) is 6.92 Å². The van der Waals surface area contributed by atoms with Gasteiger partial charge in [-0.1, -0.05) is 30.4 Å².